The lowest BCUT2D eigenvalue weighted by atomic mass is 10.2. The molecule has 1 saturated heterocycles. The lowest BCUT2D eigenvalue weighted by molar-refractivity contribution is -0.138. The first kappa shape index (κ1) is 16.1. The van der Waals surface area contributed by atoms with E-state index in [1.54, 1.807) is 20.8 Å². The van der Waals surface area contributed by atoms with Crippen LogP contribution in [0.25, 0.3) is 0 Å². The summed E-state index contributed by atoms with van der Waals surface area (Å²) in [6.45, 7) is 2.50. The first-order valence-electron chi connectivity index (χ1n) is 6.15. The maximum Gasteiger partial charge on any atom is 0.410 e. The minimum atomic E-state index is -2.85. The third kappa shape index (κ3) is 5.28. The van der Waals surface area contributed by atoms with Crippen molar-refractivity contribution in [3.8, 4) is 0 Å². The molecule has 7 heteroatoms. The summed E-state index contributed by atoms with van der Waals surface area (Å²) in [5, 5.41) is 0. The minimum absolute atomic E-state index is 0.182. The number of carbonyl (C=O) groups is 1. The predicted molar refractivity (Wildman–Crippen MR) is 64.1 cm³/mol. The molecular formula is C12H21F2NO4. The van der Waals surface area contributed by atoms with Crippen LogP contribution in [0.15, 0.2) is 0 Å². The van der Waals surface area contributed by atoms with Crippen LogP contribution in [0, 0.1) is 0 Å². The van der Waals surface area contributed by atoms with Gasteiger partial charge in [-0.05, 0) is 27.2 Å². The van der Waals surface area contributed by atoms with Gasteiger partial charge in [0.15, 0.2) is 0 Å². The normalized spacial score (nSPS) is 24.1. The highest BCUT2D eigenvalue weighted by molar-refractivity contribution is 5.69. The Morgan fingerprint density at radius 1 is 1.42 bits per heavy atom. The fraction of sp³-hybridized carbons (Fsp3) is 0.917. The van der Waals surface area contributed by atoms with Crippen molar-refractivity contribution < 1.29 is 27.8 Å². The van der Waals surface area contributed by atoms with Crippen molar-refractivity contribution in [3.05, 3.63) is 0 Å². The number of methoxy groups -OCH3 is 1. The molecule has 112 valence electrons. The number of amides is 1. The summed E-state index contributed by atoms with van der Waals surface area (Å²) in [4.78, 5) is 13.4. The number of likely N-dealkylation sites (tertiary alicyclic amines) is 1. The summed E-state index contributed by atoms with van der Waals surface area (Å²) in [6.07, 6.45) is -0.253. The molecule has 1 heterocycles. The number of carbonyl (C=O) groups excluding carboxylic acids is 1. The Labute approximate surface area is 111 Å². The van der Waals surface area contributed by atoms with Crippen LogP contribution in [-0.2, 0) is 14.2 Å². The average Bonchev–Trinajstić information content (AvgIpc) is 2.67. The summed E-state index contributed by atoms with van der Waals surface area (Å²) in [6, 6.07) is -0.450. The number of rotatable bonds is 4. The Morgan fingerprint density at radius 2 is 2.05 bits per heavy atom. The second kappa shape index (κ2) is 6.47. The predicted octanol–water partition coefficient (Wildman–Crippen LogP) is 2.25. The van der Waals surface area contributed by atoms with Crippen molar-refractivity contribution in [1.82, 2.24) is 4.90 Å². The summed E-state index contributed by atoms with van der Waals surface area (Å²) >= 11 is 0. The third-order valence-electron chi connectivity index (χ3n) is 2.75. The molecule has 0 bridgehead atoms. The zero-order valence-electron chi connectivity index (χ0n) is 11.7. The van der Waals surface area contributed by atoms with Gasteiger partial charge in [0.25, 0.3) is 0 Å². The van der Waals surface area contributed by atoms with E-state index in [4.69, 9.17) is 9.47 Å². The molecule has 1 amide bonds. The molecule has 0 aromatic heterocycles. The molecule has 0 aromatic rings. The molecule has 2 atom stereocenters. The van der Waals surface area contributed by atoms with Crippen LogP contribution in [0.3, 0.4) is 0 Å². The van der Waals surface area contributed by atoms with E-state index < -0.39 is 24.3 Å². The molecule has 1 fully saturated rings. The lowest BCUT2D eigenvalue weighted by Crippen LogP contribution is -2.42. The van der Waals surface area contributed by atoms with Gasteiger partial charge in [0.1, 0.15) is 5.60 Å². The number of hydrogen-bond acceptors (Lipinski definition) is 4. The minimum Gasteiger partial charge on any atom is -0.444 e. The molecule has 0 N–H and O–H groups in total. The summed E-state index contributed by atoms with van der Waals surface area (Å²) in [5.41, 5.74) is -0.629. The quantitative estimate of drug-likeness (QED) is 0.793. The van der Waals surface area contributed by atoms with Gasteiger partial charge in [-0.1, -0.05) is 0 Å². The molecule has 0 unspecified atom stereocenters. The van der Waals surface area contributed by atoms with E-state index in [1.807, 2.05) is 0 Å². The van der Waals surface area contributed by atoms with Gasteiger partial charge in [0.2, 0.25) is 0 Å². The lowest BCUT2D eigenvalue weighted by Gasteiger charge is -2.28. The maximum atomic E-state index is 12.1. The molecular weight excluding hydrogens is 260 g/mol. The molecule has 19 heavy (non-hydrogen) atoms. The Kier molecular flexibility index (Phi) is 5.49. The fourth-order valence-corrected chi connectivity index (χ4v) is 1.93. The number of alkyl halides is 2. The van der Waals surface area contributed by atoms with Crippen LogP contribution >= 0.6 is 0 Å². The fourth-order valence-electron chi connectivity index (χ4n) is 1.93. The van der Waals surface area contributed by atoms with Gasteiger partial charge < -0.3 is 19.1 Å². The second-order valence-electron chi connectivity index (χ2n) is 5.47. The smallest absolute Gasteiger partial charge is 0.410 e. The Hall–Kier alpha value is -0.950. The molecule has 0 saturated carbocycles. The summed E-state index contributed by atoms with van der Waals surface area (Å²) in [5.74, 6) is 0. The number of ether oxygens (including phenoxy) is 3. The van der Waals surface area contributed by atoms with Crippen molar-refractivity contribution >= 4 is 6.09 Å². The van der Waals surface area contributed by atoms with Gasteiger partial charge in [-0.2, -0.15) is 8.78 Å². The van der Waals surface area contributed by atoms with E-state index in [1.165, 1.54) is 12.0 Å². The van der Waals surface area contributed by atoms with Gasteiger partial charge in [-0.15, -0.1) is 0 Å². The van der Waals surface area contributed by atoms with E-state index in [0.717, 1.165) is 0 Å². The Morgan fingerprint density at radius 3 is 2.53 bits per heavy atom. The molecule has 0 aliphatic carbocycles. The highest BCUT2D eigenvalue weighted by Crippen LogP contribution is 2.23. The number of hydrogen-bond donors (Lipinski definition) is 0. The van der Waals surface area contributed by atoms with Crippen LogP contribution < -0.4 is 0 Å². The second-order valence-corrected chi connectivity index (χ2v) is 5.47. The van der Waals surface area contributed by atoms with Crippen LogP contribution in [0.1, 0.15) is 27.2 Å². The molecule has 1 aliphatic heterocycles. The highest BCUT2D eigenvalue weighted by Gasteiger charge is 2.38. The molecule has 0 radical (unpaired) electrons. The Bertz CT molecular complexity index is 307. The SMILES string of the molecule is CO[C@H]1C[C@@H](COC(F)F)N(C(=O)OC(C)(C)C)C1. The van der Waals surface area contributed by atoms with Crippen molar-refractivity contribution in [2.45, 2.75) is 51.6 Å². The summed E-state index contributed by atoms with van der Waals surface area (Å²) in [7, 11) is 1.52. The van der Waals surface area contributed by atoms with Gasteiger partial charge in [-0.3, -0.25) is 0 Å². The topological polar surface area (TPSA) is 48.0 Å². The van der Waals surface area contributed by atoms with E-state index >= 15 is 0 Å². The average molecular weight is 281 g/mol. The van der Waals surface area contributed by atoms with Gasteiger partial charge >= 0.3 is 12.7 Å². The molecule has 1 rings (SSSR count). The van der Waals surface area contributed by atoms with Crippen molar-refractivity contribution in [1.29, 1.82) is 0 Å². The van der Waals surface area contributed by atoms with Crippen molar-refractivity contribution in [2.24, 2.45) is 0 Å². The van der Waals surface area contributed by atoms with Gasteiger partial charge in [0, 0.05) is 7.11 Å². The Balaban J connectivity index is 2.63. The first-order chi connectivity index (χ1) is 8.73. The van der Waals surface area contributed by atoms with Crippen LogP contribution in [0.5, 0.6) is 0 Å². The van der Waals surface area contributed by atoms with Gasteiger partial charge in [0.05, 0.1) is 25.3 Å². The summed E-state index contributed by atoms with van der Waals surface area (Å²) < 4.78 is 38.9. The zero-order chi connectivity index (χ0) is 14.6. The first-order valence-corrected chi connectivity index (χ1v) is 6.15. The third-order valence-corrected chi connectivity index (χ3v) is 2.75. The van der Waals surface area contributed by atoms with E-state index in [9.17, 15) is 13.6 Å². The number of nitrogens with zero attached hydrogens (tertiary/aromatic N) is 1. The monoisotopic (exact) mass is 281 g/mol. The molecule has 5 nitrogen and oxygen atoms in total. The van der Waals surface area contributed by atoms with E-state index in [-0.39, 0.29) is 12.7 Å². The maximum absolute atomic E-state index is 12.1. The van der Waals surface area contributed by atoms with Crippen LogP contribution in [0.4, 0.5) is 13.6 Å². The standard InChI is InChI=1S/C12H21F2NO4/c1-12(2,3)19-11(16)15-6-9(17-4)5-8(15)7-18-10(13)14/h8-10H,5-7H2,1-4H3/t8-,9-/m0/s1. The van der Waals surface area contributed by atoms with Crippen LogP contribution in [0.2, 0.25) is 0 Å². The number of halogens is 2. The molecule has 1 aliphatic rings. The van der Waals surface area contributed by atoms with Crippen LogP contribution in [-0.4, -0.2) is 55.6 Å². The molecule has 0 spiro atoms. The van der Waals surface area contributed by atoms with E-state index in [2.05, 4.69) is 4.74 Å². The van der Waals surface area contributed by atoms with E-state index in [0.29, 0.717) is 13.0 Å². The largest absolute Gasteiger partial charge is 0.444 e. The zero-order valence-corrected chi connectivity index (χ0v) is 11.7. The molecule has 0 aromatic carbocycles. The van der Waals surface area contributed by atoms with Gasteiger partial charge in [-0.25, -0.2) is 4.79 Å². The highest BCUT2D eigenvalue weighted by atomic mass is 19.3. The van der Waals surface area contributed by atoms with Crippen molar-refractivity contribution in [3.63, 3.8) is 0 Å². The van der Waals surface area contributed by atoms with Crippen molar-refractivity contribution in [2.75, 3.05) is 20.3 Å².